The standard InChI is InChI=1S/C11H14N4S2/c1-7-6-16-9(13-7)4-5-12-11-14-10(15-17-11)8-2-3-8/h6,8H,2-5H2,1H3,(H,12,14,15). The topological polar surface area (TPSA) is 50.7 Å². The highest BCUT2D eigenvalue weighted by Crippen LogP contribution is 2.39. The van der Waals surface area contributed by atoms with Crippen LogP contribution in [0.15, 0.2) is 5.38 Å². The molecule has 2 aromatic rings. The summed E-state index contributed by atoms with van der Waals surface area (Å²) in [6.45, 7) is 2.91. The second-order valence-electron chi connectivity index (χ2n) is 4.29. The molecule has 0 bridgehead atoms. The number of hydrogen-bond acceptors (Lipinski definition) is 6. The first-order valence-electron chi connectivity index (χ1n) is 5.80. The molecular weight excluding hydrogens is 252 g/mol. The minimum atomic E-state index is 0.642. The van der Waals surface area contributed by atoms with E-state index in [4.69, 9.17) is 0 Å². The van der Waals surface area contributed by atoms with Crippen LogP contribution in [-0.4, -0.2) is 20.9 Å². The second kappa shape index (κ2) is 4.70. The highest BCUT2D eigenvalue weighted by molar-refractivity contribution is 7.10. The molecule has 1 fully saturated rings. The number of nitrogens with zero attached hydrogens (tertiary/aromatic N) is 3. The van der Waals surface area contributed by atoms with E-state index in [1.54, 1.807) is 11.3 Å². The van der Waals surface area contributed by atoms with Crippen LogP contribution in [0.2, 0.25) is 0 Å². The Morgan fingerprint density at radius 3 is 3.00 bits per heavy atom. The zero-order valence-electron chi connectivity index (χ0n) is 9.64. The van der Waals surface area contributed by atoms with Crippen molar-refractivity contribution < 1.29 is 0 Å². The second-order valence-corrected chi connectivity index (χ2v) is 5.99. The van der Waals surface area contributed by atoms with Crippen molar-refractivity contribution in [3.8, 4) is 0 Å². The molecule has 4 nitrogen and oxygen atoms in total. The van der Waals surface area contributed by atoms with Gasteiger partial charge in [0.1, 0.15) is 5.82 Å². The summed E-state index contributed by atoms with van der Waals surface area (Å²) in [5.74, 6) is 1.67. The van der Waals surface area contributed by atoms with Gasteiger partial charge in [0.25, 0.3) is 0 Å². The van der Waals surface area contributed by atoms with Gasteiger partial charge in [0, 0.05) is 41.5 Å². The molecule has 2 heterocycles. The van der Waals surface area contributed by atoms with Gasteiger partial charge >= 0.3 is 0 Å². The predicted molar refractivity (Wildman–Crippen MR) is 70.9 cm³/mol. The van der Waals surface area contributed by atoms with Gasteiger partial charge in [0.05, 0.1) is 5.01 Å². The van der Waals surface area contributed by atoms with Crippen LogP contribution >= 0.6 is 22.9 Å². The predicted octanol–water partition coefficient (Wildman–Crippen LogP) is 2.84. The molecule has 0 saturated heterocycles. The van der Waals surface area contributed by atoms with Gasteiger partial charge in [-0.15, -0.1) is 11.3 Å². The molecule has 0 radical (unpaired) electrons. The van der Waals surface area contributed by atoms with E-state index in [9.17, 15) is 0 Å². The third-order valence-corrected chi connectivity index (χ3v) is 4.38. The van der Waals surface area contributed by atoms with Crippen molar-refractivity contribution in [1.82, 2.24) is 14.3 Å². The monoisotopic (exact) mass is 266 g/mol. The van der Waals surface area contributed by atoms with Gasteiger partial charge in [-0.1, -0.05) is 0 Å². The highest BCUT2D eigenvalue weighted by Gasteiger charge is 2.27. The minimum Gasteiger partial charge on any atom is -0.360 e. The fourth-order valence-corrected chi connectivity index (χ4v) is 3.05. The molecule has 2 aromatic heterocycles. The van der Waals surface area contributed by atoms with E-state index < -0.39 is 0 Å². The van der Waals surface area contributed by atoms with Crippen LogP contribution in [-0.2, 0) is 6.42 Å². The molecule has 17 heavy (non-hydrogen) atoms. The van der Waals surface area contributed by atoms with Crippen molar-refractivity contribution in [3.63, 3.8) is 0 Å². The largest absolute Gasteiger partial charge is 0.360 e. The quantitative estimate of drug-likeness (QED) is 0.904. The average Bonchev–Trinajstić information content (AvgIpc) is 2.93. The van der Waals surface area contributed by atoms with E-state index >= 15 is 0 Å². The number of rotatable bonds is 5. The van der Waals surface area contributed by atoms with Crippen LogP contribution in [0.5, 0.6) is 0 Å². The first-order valence-corrected chi connectivity index (χ1v) is 7.45. The Hall–Kier alpha value is -1.01. The molecule has 0 unspecified atom stereocenters. The lowest BCUT2D eigenvalue weighted by atomic mass is 10.4. The summed E-state index contributed by atoms with van der Waals surface area (Å²) in [5, 5.41) is 7.53. The lowest BCUT2D eigenvalue weighted by Crippen LogP contribution is -2.04. The van der Waals surface area contributed by atoms with E-state index in [0.29, 0.717) is 5.92 Å². The molecule has 90 valence electrons. The van der Waals surface area contributed by atoms with Crippen molar-refractivity contribution in [3.05, 3.63) is 21.9 Å². The number of thiazole rings is 1. The van der Waals surface area contributed by atoms with E-state index in [1.807, 2.05) is 6.92 Å². The van der Waals surface area contributed by atoms with Crippen LogP contribution in [0.4, 0.5) is 5.13 Å². The maximum atomic E-state index is 4.49. The summed E-state index contributed by atoms with van der Waals surface area (Å²) in [6.07, 6.45) is 3.47. The van der Waals surface area contributed by atoms with Crippen LogP contribution in [0.25, 0.3) is 0 Å². The number of aromatic nitrogens is 3. The third kappa shape index (κ3) is 2.81. The molecule has 0 atom stereocenters. The van der Waals surface area contributed by atoms with Gasteiger partial charge in [-0.05, 0) is 19.8 Å². The maximum absolute atomic E-state index is 4.49. The number of anilines is 1. The minimum absolute atomic E-state index is 0.642. The average molecular weight is 266 g/mol. The Morgan fingerprint density at radius 2 is 2.29 bits per heavy atom. The Kier molecular flexibility index (Phi) is 3.07. The van der Waals surface area contributed by atoms with Gasteiger partial charge in [-0.3, -0.25) is 0 Å². The Bertz CT molecular complexity index is 501. The Labute approximate surface area is 108 Å². The number of nitrogens with one attached hydrogen (secondary N) is 1. The highest BCUT2D eigenvalue weighted by atomic mass is 32.1. The summed E-state index contributed by atoms with van der Waals surface area (Å²) in [5.41, 5.74) is 1.11. The van der Waals surface area contributed by atoms with E-state index in [2.05, 4.69) is 25.0 Å². The lowest BCUT2D eigenvalue weighted by Gasteiger charge is -1.98. The summed E-state index contributed by atoms with van der Waals surface area (Å²) in [4.78, 5) is 8.92. The molecule has 0 amide bonds. The van der Waals surface area contributed by atoms with E-state index in [-0.39, 0.29) is 0 Å². The maximum Gasteiger partial charge on any atom is 0.202 e. The smallest absolute Gasteiger partial charge is 0.202 e. The van der Waals surface area contributed by atoms with Gasteiger partial charge in [0.2, 0.25) is 5.13 Å². The first kappa shape index (κ1) is 11.1. The molecule has 6 heteroatoms. The molecule has 0 aliphatic heterocycles. The molecule has 0 aromatic carbocycles. The normalized spacial score (nSPS) is 15.1. The molecule has 1 saturated carbocycles. The zero-order chi connectivity index (χ0) is 11.7. The van der Waals surface area contributed by atoms with E-state index in [1.165, 1.54) is 29.4 Å². The Morgan fingerprint density at radius 1 is 1.41 bits per heavy atom. The van der Waals surface area contributed by atoms with Crippen LogP contribution in [0.3, 0.4) is 0 Å². The molecule has 3 rings (SSSR count). The van der Waals surface area contributed by atoms with Crippen molar-refractivity contribution in [1.29, 1.82) is 0 Å². The fourth-order valence-electron chi connectivity index (χ4n) is 1.61. The summed E-state index contributed by atoms with van der Waals surface area (Å²) in [7, 11) is 0. The van der Waals surface area contributed by atoms with Crippen molar-refractivity contribution in [2.45, 2.75) is 32.1 Å². The first-order chi connectivity index (χ1) is 8.31. The van der Waals surface area contributed by atoms with Crippen LogP contribution in [0, 0.1) is 6.92 Å². The summed E-state index contributed by atoms with van der Waals surface area (Å²) in [6, 6.07) is 0. The fraction of sp³-hybridized carbons (Fsp3) is 0.545. The van der Waals surface area contributed by atoms with Crippen molar-refractivity contribution in [2.24, 2.45) is 0 Å². The summed E-state index contributed by atoms with van der Waals surface area (Å²) < 4.78 is 4.36. The molecule has 1 aliphatic carbocycles. The van der Waals surface area contributed by atoms with E-state index in [0.717, 1.165) is 29.6 Å². The molecule has 1 aliphatic rings. The number of aryl methyl sites for hydroxylation is 1. The van der Waals surface area contributed by atoms with Crippen LogP contribution in [0.1, 0.15) is 35.3 Å². The van der Waals surface area contributed by atoms with Crippen LogP contribution < -0.4 is 5.32 Å². The van der Waals surface area contributed by atoms with Gasteiger partial charge in [0.15, 0.2) is 0 Å². The van der Waals surface area contributed by atoms with Crippen molar-refractivity contribution >= 4 is 28.0 Å². The Balaban J connectivity index is 1.49. The number of hydrogen-bond donors (Lipinski definition) is 1. The van der Waals surface area contributed by atoms with Gasteiger partial charge in [-0.25, -0.2) is 9.97 Å². The lowest BCUT2D eigenvalue weighted by molar-refractivity contribution is 0.960. The van der Waals surface area contributed by atoms with Crippen molar-refractivity contribution in [2.75, 3.05) is 11.9 Å². The molecular formula is C11H14N4S2. The third-order valence-electron chi connectivity index (χ3n) is 2.67. The summed E-state index contributed by atoms with van der Waals surface area (Å²) >= 11 is 3.19. The molecule has 0 spiro atoms. The zero-order valence-corrected chi connectivity index (χ0v) is 11.3. The van der Waals surface area contributed by atoms with Gasteiger partial charge in [-0.2, -0.15) is 4.37 Å². The SMILES string of the molecule is Cc1csc(CCNc2nc(C3CC3)ns2)n1. The molecule has 1 N–H and O–H groups in total. The van der Waals surface area contributed by atoms with Gasteiger partial charge < -0.3 is 5.32 Å².